The molecule has 0 saturated heterocycles. The van der Waals surface area contributed by atoms with Crippen LogP contribution in [0.4, 0.5) is 0 Å². The predicted octanol–water partition coefficient (Wildman–Crippen LogP) is 4.97. The Balaban J connectivity index is 1.68. The van der Waals surface area contributed by atoms with Crippen LogP contribution in [0.1, 0.15) is 23.9 Å². The van der Waals surface area contributed by atoms with Crippen LogP contribution in [0, 0.1) is 6.92 Å². The number of methoxy groups -OCH3 is 1. The van der Waals surface area contributed by atoms with Gasteiger partial charge >= 0.3 is 0 Å². The van der Waals surface area contributed by atoms with Gasteiger partial charge in [0, 0.05) is 19.7 Å². The number of hydrogen-bond acceptors (Lipinski definition) is 7. The number of aliphatic hydroxyl groups excluding tert-OH is 1. The molecule has 0 bridgehead atoms. The number of rotatable bonds is 13. The normalized spacial score (nSPS) is 12.1. The SMILES string of the molecule is CCOCC(O)CN(Cc1ccco1)Cc1c(C)nn(-c2ccccc2)c1Oc1ccc(OC)cc1. The van der Waals surface area contributed by atoms with E-state index in [-0.39, 0.29) is 6.61 Å². The maximum atomic E-state index is 10.6. The van der Waals surface area contributed by atoms with Gasteiger partial charge in [-0.05, 0) is 62.4 Å². The molecule has 0 aliphatic heterocycles. The molecule has 0 amide bonds. The van der Waals surface area contributed by atoms with Gasteiger partial charge in [0.25, 0.3) is 0 Å². The van der Waals surface area contributed by atoms with E-state index in [4.69, 9.17) is 23.7 Å². The lowest BCUT2D eigenvalue weighted by molar-refractivity contribution is 0.0166. The quantitative estimate of drug-likeness (QED) is 0.283. The van der Waals surface area contributed by atoms with Gasteiger partial charge in [-0.3, -0.25) is 4.90 Å². The van der Waals surface area contributed by atoms with Crippen molar-refractivity contribution < 1.29 is 23.7 Å². The first-order valence-corrected chi connectivity index (χ1v) is 12.0. The number of aliphatic hydroxyl groups is 1. The number of aryl methyl sites for hydroxylation is 1. The van der Waals surface area contributed by atoms with Crippen LogP contribution in [-0.4, -0.2) is 52.8 Å². The second-order valence-corrected chi connectivity index (χ2v) is 8.46. The van der Waals surface area contributed by atoms with E-state index in [1.54, 1.807) is 13.4 Å². The molecule has 0 aliphatic rings. The Labute approximate surface area is 211 Å². The summed E-state index contributed by atoms with van der Waals surface area (Å²) >= 11 is 0. The predicted molar refractivity (Wildman–Crippen MR) is 137 cm³/mol. The van der Waals surface area contributed by atoms with E-state index >= 15 is 0 Å². The summed E-state index contributed by atoms with van der Waals surface area (Å²) in [4.78, 5) is 2.11. The van der Waals surface area contributed by atoms with E-state index in [0.717, 1.165) is 28.5 Å². The van der Waals surface area contributed by atoms with E-state index in [1.807, 2.05) is 85.3 Å². The van der Waals surface area contributed by atoms with Crippen LogP contribution < -0.4 is 9.47 Å². The maximum Gasteiger partial charge on any atom is 0.227 e. The molecule has 1 unspecified atom stereocenters. The van der Waals surface area contributed by atoms with Crippen LogP contribution in [0.25, 0.3) is 5.69 Å². The molecular formula is C28H33N3O5. The van der Waals surface area contributed by atoms with Gasteiger partial charge in [-0.15, -0.1) is 0 Å². The molecule has 0 spiro atoms. The minimum Gasteiger partial charge on any atom is -0.497 e. The average molecular weight is 492 g/mol. The first-order chi connectivity index (χ1) is 17.6. The molecule has 190 valence electrons. The minimum atomic E-state index is -0.643. The van der Waals surface area contributed by atoms with Crippen molar-refractivity contribution in [3.05, 3.63) is 90.0 Å². The molecule has 0 radical (unpaired) electrons. The van der Waals surface area contributed by atoms with Crippen LogP contribution in [0.5, 0.6) is 17.4 Å². The summed E-state index contributed by atoms with van der Waals surface area (Å²) in [6, 6.07) is 21.1. The zero-order valence-corrected chi connectivity index (χ0v) is 21.0. The fourth-order valence-electron chi connectivity index (χ4n) is 3.96. The molecule has 2 heterocycles. The molecule has 4 aromatic rings. The number of aromatic nitrogens is 2. The van der Waals surface area contributed by atoms with Crippen molar-refractivity contribution >= 4 is 0 Å². The van der Waals surface area contributed by atoms with E-state index in [2.05, 4.69) is 4.90 Å². The van der Waals surface area contributed by atoms with Gasteiger partial charge in [-0.2, -0.15) is 5.10 Å². The van der Waals surface area contributed by atoms with Gasteiger partial charge in [0.1, 0.15) is 17.3 Å². The molecule has 2 aromatic carbocycles. The Hall–Kier alpha value is -3.59. The highest BCUT2D eigenvalue weighted by molar-refractivity contribution is 5.44. The fourth-order valence-corrected chi connectivity index (χ4v) is 3.96. The highest BCUT2D eigenvalue weighted by Gasteiger charge is 2.23. The summed E-state index contributed by atoms with van der Waals surface area (Å²) in [5, 5.41) is 15.4. The molecule has 4 rings (SSSR count). The van der Waals surface area contributed by atoms with Crippen LogP contribution >= 0.6 is 0 Å². The van der Waals surface area contributed by atoms with Gasteiger partial charge in [0.2, 0.25) is 5.88 Å². The van der Waals surface area contributed by atoms with Crippen LogP contribution in [0.3, 0.4) is 0 Å². The highest BCUT2D eigenvalue weighted by Crippen LogP contribution is 2.32. The number of hydrogen-bond donors (Lipinski definition) is 1. The summed E-state index contributed by atoms with van der Waals surface area (Å²) in [6.07, 6.45) is 1.01. The van der Waals surface area contributed by atoms with E-state index in [0.29, 0.717) is 37.9 Å². The molecule has 2 aromatic heterocycles. The zero-order chi connectivity index (χ0) is 25.3. The summed E-state index contributed by atoms with van der Waals surface area (Å²) in [5.74, 6) is 2.85. The summed E-state index contributed by atoms with van der Waals surface area (Å²) < 4.78 is 24.6. The average Bonchev–Trinajstić information content (AvgIpc) is 3.52. The molecule has 1 atom stereocenters. The third-order valence-electron chi connectivity index (χ3n) is 5.74. The summed E-state index contributed by atoms with van der Waals surface area (Å²) in [5.41, 5.74) is 2.65. The number of furan rings is 1. The number of benzene rings is 2. The second kappa shape index (κ2) is 12.4. The molecule has 8 heteroatoms. The van der Waals surface area contributed by atoms with Crippen LogP contribution in [-0.2, 0) is 17.8 Å². The van der Waals surface area contributed by atoms with E-state index < -0.39 is 6.10 Å². The van der Waals surface area contributed by atoms with Crippen molar-refractivity contribution in [2.45, 2.75) is 33.0 Å². The lowest BCUT2D eigenvalue weighted by Crippen LogP contribution is -2.34. The Bertz CT molecular complexity index is 1190. The first kappa shape index (κ1) is 25.5. The Morgan fingerprint density at radius 3 is 2.42 bits per heavy atom. The van der Waals surface area contributed by atoms with Gasteiger partial charge in [-0.1, -0.05) is 18.2 Å². The Morgan fingerprint density at radius 2 is 1.75 bits per heavy atom. The third kappa shape index (κ3) is 6.54. The maximum absolute atomic E-state index is 10.6. The first-order valence-electron chi connectivity index (χ1n) is 12.0. The van der Waals surface area contributed by atoms with E-state index in [9.17, 15) is 5.11 Å². The molecule has 0 fully saturated rings. The van der Waals surface area contributed by atoms with Gasteiger partial charge < -0.3 is 23.7 Å². The lowest BCUT2D eigenvalue weighted by Gasteiger charge is -2.24. The molecule has 8 nitrogen and oxygen atoms in total. The fraction of sp³-hybridized carbons (Fsp3) is 0.321. The van der Waals surface area contributed by atoms with E-state index in [1.165, 1.54) is 0 Å². The van der Waals surface area contributed by atoms with Crippen molar-refractivity contribution in [2.24, 2.45) is 0 Å². The van der Waals surface area contributed by atoms with Gasteiger partial charge in [0.05, 0.1) is 49.6 Å². The lowest BCUT2D eigenvalue weighted by atomic mass is 10.2. The molecule has 0 aliphatic carbocycles. The molecule has 0 saturated carbocycles. The summed E-state index contributed by atoms with van der Waals surface area (Å²) in [6.45, 7) is 6.12. The van der Waals surface area contributed by atoms with Crippen molar-refractivity contribution in [1.82, 2.24) is 14.7 Å². The molecule has 1 N–H and O–H groups in total. The van der Waals surface area contributed by atoms with Crippen molar-refractivity contribution in [2.75, 3.05) is 26.9 Å². The van der Waals surface area contributed by atoms with Crippen molar-refractivity contribution in [3.8, 4) is 23.1 Å². The highest BCUT2D eigenvalue weighted by atomic mass is 16.5. The van der Waals surface area contributed by atoms with Gasteiger partial charge in [-0.25, -0.2) is 4.68 Å². The number of nitrogens with zero attached hydrogens (tertiary/aromatic N) is 3. The number of para-hydroxylation sites is 1. The Kier molecular flexibility index (Phi) is 8.78. The standard InChI is InChI=1S/C28H33N3O5/c1-4-34-20-23(32)17-30(18-26-11-8-16-35-26)19-27-21(2)29-31(22-9-6-5-7-10-22)28(27)36-25-14-12-24(33-3)13-15-25/h5-16,23,32H,4,17-20H2,1-3H3. The largest absolute Gasteiger partial charge is 0.497 e. The monoisotopic (exact) mass is 491 g/mol. The third-order valence-corrected chi connectivity index (χ3v) is 5.74. The zero-order valence-electron chi connectivity index (χ0n) is 21.0. The topological polar surface area (TPSA) is 82.1 Å². The molecule has 36 heavy (non-hydrogen) atoms. The second-order valence-electron chi connectivity index (χ2n) is 8.46. The van der Waals surface area contributed by atoms with Crippen molar-refractivity contribution in [3.63, 3.8) is 0 Å². The van der Waals surface area contributed by atoms with Crippen LogP contribution in [0.15, 0.2) is 77.4 Å². The Morgan fingerprint density at radius 1 is 1.00 bits per heavy atom. The summed E-state index contributed by atoms with van der Waals surface area (Å²) in [7, 11) is 1.63. The smallest absolute Gasteiger partial charge is 0.227 e. The molecular weight excluding hydrogens is 458 g/mol. The van der Waals surface area contributed by atoms with Gasteiger partial charge in [0.15, 0.2) is 0 Å². The number of ether oxygens (including phenoxy) is 3. The van der Waals surface area contributed by atoms with Crippen LogP contribution in [0.2, 0.25) is 0 Å². The minimum absolute atomic E-state index is 0.266. The van der Waals surface area contributed by atoms with Crippen molar-refractivity contribution in [1.29, 1.82) is 0 Å².